The number of likely N-dealkylation sites (tertiary alicyclic amines) is 1. The Morgan fingerprint density at radius 2 is 1.76 bits per heavy atom. The molecule has 2 amide bonds. The van der Waals surface area contributed by atoms with Gasteiger partial charge in [0.1, 0.15) is 5.56 Å². The number of Topliss-reactive ketones (excluding diaryl/α,β-unsaturated/α-hetero) is 1. The van der Waals surface area contributed by atoms with Crippen LogP contribution in [0.1, 0.15) is 71.7 Å². The summed E-state index contributed by atoms with van der Waals surface area (Å²) in [6.45, 7) is 3.56. The van der Waals surface area contributed by atoms with Gasteiger partial charge in [-0.1, -0.05) is 43.2 Å². The number of amides is 2. The van der Waals surface area contributed by atoms with Gasteiger partial charge in [-0.05, 0) is 36.8 Å². The number of aromatic nitrogens is 1. The third kappa shape index (κ3) is 6.63. The fourth-order valence-electron chi connectivity index (χ4n) is 4.38. The zero-order valence-electron chi connectivity index (χ0n) is 19.5. The van der Waals surface area contributed by atoms with Crippen molar-refractivity contribution >= 4 is 17.6 Å². The van der Waals surface area contributed by atoms with Gasteiger partial charge in [0.25, 0.3) is 11.5 Å². The van der Waals surface area contributed by atoms with E-state index in [0.717, 1.165) is 50.8 Å². The van der Waals surface area contributed by atoms with E-state index in [4.69, 9.17) is 0 Å². The SMILES string of the molecule is CNC(=O)c1cc(C(=O)CCCCC2CCN(C(C)=O)CC2)cn(Cc2ccccc2)c1=O. The summed E-state index contributed by atoms with van der Waals surface area (Å²) in [6.07, 6.45) is 6.75. The zero-order chi connectivity index (χ0) is 23.8. The fraction of sp³-hybridized carbons (Fsp3) is 0.462. The van der Waals surface area contributed by atoms with Gasteiger partial charge in [0.15, 0.2) is 5.78 Å². The van der Waals surface area contributed by atoms with Crippen molar-refractivity contribution in [3.8, 4) is 0 Å². The largest absolute Gasteiger partial charge is 0.355 e. The summed E-state index contributed by atoms with van der Waals surface area (Å²) < 4.78 is 1.44. The van der Waals surface area contributed by atoms with Crippen molar-refractivity contribution in [2.75, 3.05) is 20.1 Å². The van der Waals surface area contributed by atoms with Crippen LogP contribution < -0.4 is 10.9 Å². The molecule has 176 valence electrons. The molecule has 2 aromatic rings. The molecule has 7 nitrogen and oxygen atoms in total. The highest BCUT2D eigenvalue weighted by Crippen LogP contribution is 2.23. The van der Waals surface area contributed by atoms with Crippen LogP contribution in [0.5, 0.6) is 0 Å². The van der Waals surface area contributed by atoms with E-state index in [1.54, 1.807) is 13.1 Å². The van der Waals surface area contributed by atoms with Crippen molar-refractivity contribution in [1.29, 1.82) is 0 Å². The number of carbonyl (C=O) groups is 3. The van der Waals surface area contributed by atoms with Crippen LogP contribution in [-0.4, -0.2) is 47.2 Å². The minimum Gasteiger partial charge on any atom is -0.355 e. The molecule has 1 saturated heterocycles. The van der Waals surface area contributed by atoms with E-state index in [9.17, 15) is 19.2 Å². The maximum atomic E-state index is 12.9. The molecule has 1 aliphatic heterocycles. The molecule has 0 atom stereocenters. The first-order valence-electron chi connectivity index (χ1n) is 11.7. The van der Waals surface area contributed by atoms with E-state index in [2.05, 4.69) is 5.32 Å². The first-order valence-corrected chi connectivity index (χ1v) is 11.7. The normalized spacial score (nSPS) is 14.2. The molecular weight excluding hydrogens is 418 g/mol. The molecule has 3 rings (SSSR count). The molecule has 0 spiro atoms. The summed E-state index contributed by atoms with van der Waals surface area (Å²) in [5, 5.41) is 2.49. The molecule has 1 fully saturated rings. The van der Waals surface area contributed by atoms with Gasteiger partial charge >= 0.3 is 0 Å². The van der Waals surface area contributed by atoms with Crippen molar-refractivity contribution in [3.63, 3.8) is 0 Å². The van der Waals surface area contributed by atoms with Gasteiger partial charge in [0.2, 0.25) is 5.91 Å². The summed E-state index contributed by atoms with van der Waals surface area (Å²) in [7, 11) is 1.47. The molecule has 2 heterocycles. The first kappa shape index (κ1) is 24.4. The van der Waals surface area contributed by atoms with Gasteiger partial charge in [0, 0.05) is 45.2 Å². The van der Waals surface area contributed by atoms with Crippen molar-refractivity contribution in [3.05, 3.63) is 69.6 Å². The highest BCUT2D eigenvalue weighted by Gasteiger charge is 2.21. The van der Waals surface area contributed by atoms with Crippen molar-refractivity contribution < 1.29 is 14.4 Å². The number of hydrogen-bond donors (Lipinski definition) is 1. The standard InChI is InChI=1S/C26H33N3O4/c1-19(30)28-14-12-20(13-15-28)8-6-7-11-24(31)22-16-23(25(32)27-2)26(33)29(18-22)17-21-9-4-3-5-10-21/h3-5,9-10,16,18,20H,6-8,11-15,17H2,1-2H3,(H,27,32). The van der Waals surface area contributed by atoms with Crippen LogP contribution in [0, 0.1) is 5.92 Å². The summed E-state index contributed by atoms with van der Waals surface area (Å²) in [5.74, 6) is 0.189. The number of rotatable bonds is 9. The van der Waals surface area contributed by atoms with Crippen molar-refractivity contribution in [2.24, 2.45) is 5.92 Å². The van der Waals surface area contributed by atoms with Crippen LogP contribution in [0.15, 0.2) is 47.4 Å². The number of benzene rings is 1. The molecule has 1 aliphatic rings. The van der Waals surface area contributed by atoms with Crippen LogP contribution in [-0.2, 0) is 11.3 Å². The second-order valence-electron chi connectivity index (χ2n) is 8.76. The van der Waals surface area contributed by atoms with Crippen LogP contribution >= 0.6 is 0 Å². The average Bonchev–Trinajstić information content (AvgIpc) is 2.83. The first-order chi connectivity index (χ1) is 15.9. The Balaban J connectivity index is 1.62. The summed E-state index contributed by atoms with van der Waals surface area (Å²) in [5.41, 5.74) is 0.880. The monoisotopic (exact) mass is 451 g/mol. The van der Waals surface area contributed by atoms with Crippen molar-refractivity contribution in [2.45, 2.75) is 52.0 Å². The summed E-state index contributed by atoms with van der Waals surface area (Å²) >= 11 is 0. The number of hydrogen-bond acceptors (Lipinski definition) is 4. The quantitative estimate of drug-likeness (QED) is 0.468. The number of unbranched alkanes of at least 4 members (excludes halogenated alkanes) is 1. The fourth-order valence-corrected chi connectivity index (χ4v) is 4.38. The van der Waals surface area contributed by atoms with Gasteiger partial charge < -0.3 is 14.8 Å². The molecular formula is C26H33N3O4. The number of carbonyl (C=O) groups excluding carboxylic acids is 3. The summed E-state index contributed by atoms with van der Waals surface area (Å²) in [6, 6.07) is 10.9. The van der Waals surface area contributed by atoms with Crippen LogP contribution in [0.2, 0.25) is 0 Å². The predicted molar refractivity (Wildman–Crippen MR) is 127 cm³/mol. The zero-order valence-corrected chi connectivity index (χ0v) is 19.5. The number of nitrogens with one attached hydrogen (secondary N) is 1. The molecule has 1 aromatic carbocycles. The third-order valence-corrected chi connectivity index (χ3v) is 6.40. The maximum Gasteiger partial charge on any atom is 0.263 e. The number of pyridine rings is 1. The van der Waals surface area contributed by atoms with Gasteiger partial charge in [0.05, 0.1) is 6.54 Å². The van der Waals surface area contributed by atoms with Crippen LogP contribution in [0.25, 0.3) is 0 Å². The van der Waals surface area contributed by atoms with Gasteiger partial charge in [-0.25, -0.2) is 0 Å². The molecule has 7 heteroatoms. The van der Waals surface area contributed by atoms with Crippen molar-refractivity contribution in [1.82, 2.24) is 14.8 Å². The lowest BCUT2D eigenvalue weighted by Crippen LogP contribution is -2.36. The Labute approximate surface area is 194 Å². The molecule has 1 aromatic heterocycles. The Kier molecular flexibility index (Phi) is 8.58. The average molecular weight is 452 g/mol. The lowest BCUT2D eigenvalue weighted by atomic mass is 9.91. The van der Waals surface area contributed by atoms with E-state index in [-0.39, 0.29) is 17.3 Å². The smallest absolute Gasteiger partial charge is 0.263 e. The maximum absolute atomic E-state index is 12.9. The van der Waals surface area contributed by atoms with Gasteiger partial charge in [-0.15, -0.1) is 0 Å². The molecule has 0 bridgehead atoms. The molecule has 0 unspecified atom stereocenters. The number of ketones is 1. The lowest BCUT2D eigenvalue weighted by molar-refractivity contribution is -0.130. The van der Waals surface area contributed by atoms with E-state index in [1.165, 1.54) is 17.7 Å². The highest BCUT2D eigenvalue weighted by atomic mass is 16.2. The second-order valence-corrected chi connectivity index (χ2v) is 8.76. The Morgan fingerprint density at radius 1 is 1.06 bits per heavy atom. The highest BCUT2D eigenvalue weighted by molar-refractivity contribution is 6.00. The molecule has 33 heavy (non-hydrogen) atoms. The minimum absolute atomic E-state index is 0.0171. The molecule has 0 saturated carbocycles. The molecule has 0 aliphatic carbocycles. The Bertz CT molecular complexity index is 1040. The van der Waals surface area contributed by atoms with Gasteiger partial charge in [-0.2, -0.15) is 0 Å². The minimum atomic E-state index is -0.492. The van der Waals surface area contributed by atoms with Crippen LogP contribution in [0.3, 0.4) is 0 Å². The molecule has 1 N–H and O–H groups in total. The van der Waals surface area contributed by atoms with E-state index in [1.807, 2.05) is 35.2 Å². The van der Waals surface area contributed by atoms with E-state index >= 15 is 0 Å². The second kappa shape index (κ2) is 11.6. The summed E-state index contributed by atoms with van der Waals surface area (Å²) in [4.78, 5) is 51.3. The lowest BCUT2D eigenvalue weighted by Gasteiger charge is -2.31. The molecule has 0 radical (unpaired) electrons. The van der Waals surface area contributed by atoms with E-state index < -0.39 is 11.5 Å². The third-order valence-electron chi connectivity index (χ3n) is 6.40. The van der Waals surface area contributed by atoms with Crippen LogP contribution in [0.4, 0.5) is 0 Å². The van der Waals surface area contributed by atoms with E-state index in [0.29, 0.717) is 24.4 Å². The number of piperidine rings is 1. The Morgan fingerprint density at radius 3 is 2.39 bits per heavy atom. The Hall–Kier alpha value is -3.22. The predicted octanol–water partition coefficient (Wildman–Crippen LogP) is 3.26. The van der Waals surface area contributed by atoms with Gasteiger partial charge in [-0.3, -0.25) is 19.2 Å². The number of nitrogens with zero attached hydrogens (tertiary/aromatic N) is 2. The topological polar surface area (TPSA) is 88.5 Å².